The molecule has 8 heteroatoms. The van der Waals surface area contributed by atoms with Gasteiger partial charge in [-0.1, -0.05) is 0 Å². The van der Waals surface area contributed by atoms with Gasteiger partial charge in [-0.2, -0.15) is 0 Å². The summed E-state index contributed by atoms with van der Waals surface area (Å²) in [7, 11) is 0. The van der Waals surface area contributed by atoms with Crippen LogP contribution in [0.15, 0.2) is 0 Å². The minimum Gasteiger partial charge on any atom is -0.434 e. The van der Waals surface area contributed by atoms with Crippen molar-refractivity contribution in [3.63, 3.8) is 0 Å². The molecule has 1 saturated carbocycles. The Balaban J connectivity index is 2.16. The van der Waals surface area contributed by atoms with E-state index in [9.17, 15) is 9.59 Å². The van der Waals surface area contributed by atoms with Crippen LogP contribution < -0.4 is 0 Å². The lowest BCUT2D eigenvalue weighted by Crippen LogP contribution is -2.29. The summed E-state index contributed by atoms with van der Waals surface area (Å²) < 4.78 is 21.0. The number of hydrogen-bond acceptors (Lipinski definition) is 8. The van der Waals surface area contributed by atoms with Crippen molar-refractivity contribution < 1.29 is 38.7 Å². The van der Waals surface area contributed by atoms with Crippen LogP contribution in [-0.4, -0.2) is 60.2 Å². The van der Waals surface area contributed by atoms with Gasteiger partial charge in [-0.25, -0.2) is 9.59 Å². The molecule has 26 heavy (non-hydrogen) atoms. The fraction of sp³-hybridized carbons (Fsp3) is 0.889. The van der Waals surface area contributed by atoms with E-state index in [0.29, 0.717) is 25.0 Å². The van der Waals surface area contributed by atoms with Crippen molar-refractivity contribution in [1.29, 1.82) is 0 Å². The number of esters is 2. The Kier molecular flexibility index (Phi) is 10.1. The Bertz CT molecular complexity index is 389. The third kappa shape index (κ3) is 8.93. The van der Waals surface area contributed by atoms with Crippen LogP contribution in [0.2, 0.25) is 0 Å². The Morgan fingerprint density at radius 3 is 1.35 bits per heavy atom. The lowest BCUT2D eigenvalue weighted by Gasteiger charge is -2.29. The fourth-order valence-corrected chi connectivity index (χ4v) is 2.70. The molecule has 0 aromatic rings. The summed E-state index contributed by atoms with van der Waals surface area (Å²) in [4.78, 5) is 22.5. The summed E-state index contributed by atoms with van der Waals surface area (Å²) in [6.45, 7) is 6.98. The molecule has 1 rings (SSSR count). The van der Waals surface area contributed by atoms with Crippen molar-refractivity contribution in [2.24, 2.45) is 11.8 Å². The Labute approximate surface area is 154 Å². The van der Waals surface area contributed by atoms with E-state index in [4.69, 9.17) is 29.2 Å². The normalized spacial score (nSPS) is 25.0. The minimum atomic E-state index is -1.15. The van der Waals surface area contributed by atoms with E-state index in [1.54, 1.807) is 13.8 Å². The van der Waals surface area contributed by atoms with Gasteiger partial charge in [0.2, 0.25) is 0 Å². The van der Waals surface area contributed by atoms with Crippen molar-refractivity contribution in [2.45, 2.75) is 78.2 Å². The predicted molar refractivity (Wildman–Crippen MR) is 91.8 cm³/mol. The third-order valence-corrected chi connectivity index (χ3v) is 4.35. The quantitative estimate of drug-likeness (QED) is 0.434. The number of aliphatic hydroxyl groups excluding tert-OH is 2. The second kappa shape index (κ2) is 11.5. The summed E-state index contributed by atoms with van der Waals surface area (Å²) >= 11 is 0. The maximum atomic E-state index is 11.3. The summed E-state index contributed by atoms with van der Waals surface area (Å²) in [5.41, 5.74) is 0. The highest BCUT2D eigenvalue weighted by Crippen LogP contribution is 2.29. The first kappa shape index (κ1) is 22.8. The number of aliphatic hydroxyl groups is 2. The Hall–Kier alpha value is -1.22. The van der Waals surface area contributed by atoms with Gasteiger partial charge in [-0.15, -0.1) is 0 Å². The van der Waals surface area contributed by atoms with Gasteiger partial charge in [0.05, 0.1) is 13.2 Å². The van der Waals surface area contributed by atoms with E-state index in [0.717, 1.165) is 25.7 Å². The van der Waals surface area contributed by atoms with Crippen molar-refractivity contribution in [1.82, 2.24) is 0 Å². The van der Waals surface area contributed by atoms with Gasteiger partial charge in [0.25, 0.3) is 0 Å². The maximum Gasteiger partial charge on any atom is 0.336 e. The van der Waals surface area contributed by atoms with Crippen molar-refractivity contribution in [3.05, 3.63) is 0 Å². The SMILES string of the molecule is CC(OCC1CCC(COC(C)OC(=O)C(C)O)CC1)OC(=O)C(C)O. The molecule has 0 spiro atoms. The molecule has 0 bridgehead atoms. The molecule has 0 radical (unpaired) electrons. The van der Waals surface area contributed by atoms with E-state index in [2.05, 4.69) is 0 Å². The maximum absolute atomic E-state index is 11.3. The first-order valence-electron chi connectivity index (χ1n) is 9.19. The van der Waals surface area contributed by atoms with Crippen LogP contribution >= 0.6 is 0 Å². The topological polar surface area (TPSA) is 112 Å². The van der Waals surface area contributed by atoms with Crippen molar-refractivity contribution in [2.75, 3.05) is 13.2 Å². The molecule has 0 heterocycles. The average Bonchev–Trinajstić information content (AvgIpc) is 2.58. The lowest BCUT2D eigenvalue weighted by molar-refractivity contribution is -0.188. The van der Waals surface area contributed by atoms with Crippen molar-refractivity contribution in [3.8, 4) is 0 Å². The second-order valence-corrected chi connectivity index (χ2v) is 6.91. The van der Waals surface area contributed by atoms with Crippen LogP contribution in [0.5, 0.6) is 0 Å². The molecule has 1 aliphatic rings. The molecule has 2 N–H and O–H groups in total. The van der Waals surface area contributed by atoms with Gasteiger partial charge in [0, 0.05) is 0 Å². The highest BCUT2D eigenvalue weighted by atomic mass is 16.7. The second-order valence-electron chi connectivity index (χ2n) is 6.91. The van der Waals surface area contributed by atoms with Gasteiger partial charge >= 0.3 is 11.9 Å². The first-order chi connectivity index (χ1) is 12.2. The first-order valence-corrected chi connectivity index (χ1v) is 9.19. The number of rotatable bonds is 10. The van der Waals surface area contributed by atoms with E-state index in [-0.39, 0.29) is 0 Å². The Morgan fingerprint density at radius 2 is 1.08 bits per heavy atom. The van der Waals surface area contributed by atoms with Crippen LogP contribution in [0, 0.1) is 11.8 Å². The Morgan fingerprint density at radius 1 is 0.769 bits per heavy atom. The highest BCUT2D eigenvalue weighted by molar-refractivity contribution is 5.74. The lowest BCUT2D eigenvalue weighted by atomic mass is 9.83. The molecule has 0 saturated heterocycles. The van der Waals surface area contributed by atoms with Gasteiger partial charge in [-0.3, -0.25) is 0 Å². The minimum absolute atomic E-state index is 0.393. The van der Waals surface area contributed by atoms with Crippen LogP contribution in [-0.2, 0) is 28.5 Å². The number of carbonyl (C=O) groups is 2. The van der Waals surface area contributed by atoms with Gasteiger partial charge in [0.15, 0.2) is 12.6 Å². The molecule has 0 amide bonds. The standard InChI is InChI=1S/C18H32O8/c1-11(19)17(21)25-13(3)23-9-15-5-7-16(8-6-15)10-24-14(4)26-18(22)12(2)20/h11-16,19-20H,5-10H2,1-4H3. The van der Waals surface area contributed by atoms with Crippen LogP contribution in [0.4, 0.5) is 0 Å². The van der Waals surface area contributed by atoms with Crippen LogP contribution in [0.3, 0.4) is 0 Å². The molecular formula is C18H32O8. The summed E-state index contributed by atoms with van der Waals surface area (Å²) in [6.07, 6.45) is 0.252. The van der Waals surface area contributed by atoms with Gasteiger partial charge in [0.1, 0.15) is 12.2 Å². The summed E-state index contributed by atoms with van der Waals surface area (Å²) in [6, 6.07) is 0. The zero-order valence-corrected chi connectivity index (χ0v) is 16.1. The van der Waals surface area contributed by atoms with E-state index >= 15 is 0 Å². The highest BCUT2D eigenvalue weighted by Gasteiger charge is 2.24. The molecule has 1 fully saturated rings. The molecule has 1 aliphatic carbocycles. The molecule has 0 aromatic heterocycles. The van der Waals surface area contributed by atoms with Gasteiger partial charge in [-0.05, 0) is 65.2 Å². The fourth-order valence-electron chi connectivity index (χ4n) is 2.70. The van der Waals surface area contributed by atoms with E-state index in [1.807, 2.05) is 0 Å². The number of ether oxygens (including phenoxy) is 4. The smallest absolute Gasteiger partial charge is 0.336 e. The average molecular weight is 376 g/mol. The van der Waals surface area contributed by atoms with Crippen LogP contribution in [0.1, 0.15) is 53.4 Å². The van der Waals surface area contributed by atoms with E-state index < -0.39 is 36.7 Å². The van der Waals surface area contributed by atoms with Crippen LogP contribution in [0.25, 0.3) is 0 Å². The summed E-state index contributed by atoms with van der Waals surface area (Å²) in [5, 5.41) is 18.2. The summed E-state index contributed by atoms with van der Waals surface area (Å²) in [5.74, 6) is -0.596. The molecular weight excluding hydrogens is 344 g/mol. The predicted octanol–water partition coefficient (Wildman–Crippen LogP) is 1.37. The number of carbonyl (C=O) groups excluding carboxylic acids is 2. The molecule has 8 nitrogen and oxygen atoms in total. The molecule has 152 valence electrons. The molecule has 4 atom stereocenters. The molecule has 4 unspecified atom stereocenters. The molecule has 0 aromatic carbocycles. The zero-order chi connectivity index (χ0) is 19.7. The van der Waals surface area contributed by atoms with Gasteiger partial charge < -0.3 is 29.2 Å². The van der Waals surface area contributed by atoms with E-state index in [1.165, 1.54) is 13.8 Å². The third-order valence-electron chi connectivity index (χ3n) is 4.35. The zero-order valence-electron chi connectivity index (χ0n) is 16.1. The monoisotopic (exact) mass is 376 g/mol. The largest absolute Gasteiger partial charge is 0.434 e. The molecule has 0 aliphatic heterocycles. The van der Waals surface area contributed by atoms with Crippen molar-refractivity contribution >= 4 is 11.9 Å². The number of hydrogen-bond donors (Lipinski definition) is 2.